The first-order chi connectivity index (χ1) is 12.3. The summed E-state index contributed by atoms with van der Waals surface area (Å²) in [4.78, 5) is 11.8. The Bertz CT molecular complexity index is 563. The summed E-state index contributed by atoms with van der Waals surface area (Å²) in [5, 5.41) is 6.79. The van der Waals surface area contributed by atoms with Gasteiger partial charge in [0.25, 0.3) is 0 Å². The van der Waals surface area contributed by atoms with Crippen molar-refractivity contribution in [3.05, 3.63) is 16.1 Å². The zero-order chi connectivity index (χ0) is 17.5. The van der Waals surface area contributed by atoms with Crippen LogP contribution in [0, 0.1) is 0 Å². The number of aryl methyl sites for hydroxylation is 1. The van der Waals surface area contributed by atoms with Gasteiger partial charge in [-0.15, -0.1) is 35.3 Å². The number of nitrogens with zero attached hydrogens (tertiary/aromatic N) is 3. The fourth-order valence-electron chi connectivity index (χ4n) is 3.32. The summed E-state index contributed by atoms with van der Waals surface area (Å²) in [6, 6.07) is 0. The minimum absolute atomic E-state index is 0. The molecule has 0 bridgehead atoms. The Labute approximate surface area is 177 Å². The van der Waals surface area contributed by atoms with E-state index in [1.165, 1.54) is 5.01 Å². The lowest BCUT2D eigenvalue weighted by atomic mass is 10.1. The molecule has 0 saturated carbocycles. The van der Waals surface area contributed by atoms with E-state index in [0.29, 0.717) is 0 Å². The first-order valence-corrected chi connectivity index (χ1v) is 10.4. The molecule has 148 valence electrons. The summed E-state index contributed by atoms with van der Waals surface area (Å²) < 4.78 is 11.8. The van der Waals surface area contributed by atoms with Crippen LogP contribution >= 0.6 is 35.3 Å². The van der Waals surface area contributed by atoms with Gasteiger partial charge in [0, 0.05) is 44.6 Å². The third-order valence-electron chi connectivity index (χ3n) is 4.64. The van der Waals surface area contributed by atoms with Crippen LogP contribution in [-0.4, -0.2) is 67.4 Å². The molecule has 26 heavy (non-hydrogen) atoms. The molecule has 2 atom stereocenters. The second kappa shape index (κ2) is 11.4. The summed E-state index contributed by atoms with van der Waals surface area (Å²) in [5.74, 6) is 0.986. The van der Waals surface area contributed by atoms with Crippen molar-refractivity contribution >= 4 is 41.3 Å². The summed E-state index contributed by atoms with van der Waals surface area (Å²) >= 11 is 1.75. The van der Waals surface area contributed by atoms with E-state index < -0.39 is 0 Å². The quantitative estimate of drug-likeness (QED) is 0.375. The molecule has 6 nitrogen and oxygen atoms in total. The second-order valence-electron chi connectivity index (χ2n) is 6.48. The minimum atomic E-state index is 0. The maximum absolute atomic E-state index is 5.95. The van der Waals surface area contributed by atoms with Gasteiger partial charge < -0.3 is 19.7 Å². The fourth-order valence-corrected chi connectivity index (χ4v) is 4.10. The Kier molecular flexibility index (Phi) is 9.58. The molecular weight excluding hydrogens is 463 g/mol. The van der Waals surface area contributed by atoms with Gasteiger partial charge >= 0.3 is 0 Å². The number of hydrogen-bond donors (Lipinski definition) is 1. The summed E-state index contributed by atoms with van der Waals surface area (Å²) in [6.07, 6.45) is 4.56. The molecule has 2 saturated heterocycles. The van der Waals surface area contributed by atoms with Crippen molar-refractivity contribution in [2.24, 2.45) is 4.99 Å². The first kappa shape index (κ1) is 21.8. The van der Waals surface area contributed by atoms with Crippen molar-refractivity contribution in [3.8, 4) is 0 Å². The lowest BCUT2D eigenvalue weighted by molar-refractivity contribution is -0.0817. The van der Waals surface area contributed by atoms with Gasteiger partial charge in [-0.25, -0.2) is 4.98 Å². The van der Waals surface area contributed by atoms with Gasteiger partial charge in [0.15, 0.2) is 5.96 Å². The number of guanidine groups is 1. The monoisotopic (exact) mass is 494 g/mol. The maximum Gasteiger partial charge on any atom is 0.194 e. The smallest absolute Gasteiger partial charge is 0.194 e. The van der Waals surface area contributed by atoms with Gasteiger partial charge in [0.2, 0.25) is 0 Å². The van der Waals surface area contributed by atoms with Crippen LogP contribution in [0.5, 0.6) is 0 Å². The molecule has 0 aromatic carbocycles. The van der Waals surface area contributed by atoms with Crippen molar-refractivity contribution in [2.75, 3.05) is 39.4 Å². The van der Waals surface area contributed by atoms with Crippen molar-refractivity contribution in [2.45, 2.75) is 51.7 Å². The number of halogens is 1. The van der Waals surface area contributed by atoms with E-state index in [1.807, 2.05) is 0 Å². The fraction of sp³-hybridized carbons (Fsp3) is 0.778. The van der Waals surface area contributed by atoms with E-state index in [2.05, 4.69) is 34.4 Å². The Morgan fingerprint density at radius 2 is 2.19 bits per heavy atom. The number of nitrogens with one attached hydrogen (secondary N) is 1. The van der Waals surface area contributed by atoms with Crippen LogP contribution in [0.15, 0.2) is 10.4 Å². The number of hydrogen-bond acceptors (Lipinski definition) is 5. The molecule has 1 aromatic heterocycles. The molecule has 3 heterocycles. The summed E-state index contributed by atoms with van der Waals surface area (Å²) in [6.45, 7) is 9.23. The molecule has 2 unspecified atom stereocenters. The van der Waals surface area contributed by atoms with E-state index in [4.69, 9.17) is 14.5 Å². The van der Waals surface area contributed by atoms with Crippen LogP contribution in [0.2, 0.25) is 0 Å². The average Bonchev–Trinajstić information content (AvgIpc) is 3.33. The molecule has 0 spiro atoms. The molecule has 3 rings (SSSR count). The molecule has 8 heteroatoms. The van der Waals surface area contributed by atoms with Crippen molar-refractivity contribution in [1.29, 1.82) is 0 Å². The van der Waals surface area contributed by atoms with E-state index in [-0.39, 0.29) is 36.2 Å². The molecule has 0 aliphatic carbocycles. The predicted octanol–water partition coefficient (Wildman–Crippen LogP) is 2.71. The molecule has 1 aromatic rings. The molecule has 2 aliphatic rings. The highest BCUT2D eigenvalue weighted by Gasteiger charge is 2.32. The number of aliphatic imine (C=N–C) groups is 1. The van der Waals surface area contributed by atoms with Gasteiger partial charge in [0.05, 0.1) is 23.4 Å². The van der Waals surface area contributed by atoms with Gasteiger partial charge in [-0.05, 0) is 26.2 Å². The van der Waals surface area contributed by atoms with Crippen LogP contribution in [0.1, 0.15) is 37.4 Å². The van der Waals surface area contributed by atoms with Crippen molar-refractivity contribution < 1.29 is 9.47 Å². The minimum Gasteiger partial charge on any atom is -0.375 e. The Hall–Kier alpha value is -0.450. The van der Waals surface area contributed by atoms with Crippen LogP contribution in [0.3, 0.4) is 0 Å². The number of thiazole rings is 1. The van der Waals surface area contributed by atoms with Gasteiger partial charge in [-0.3, -0.25) is 4.99 Å². The van der Waals surface area contributed by atoms with Crippen LogP contribution < -0.4 is 5.32 Å². The lowest BCUT2D eigenvalue weighted by Gasteiger charge is -2.37. The maximum atomic E-state index is 5.95. The Balaban J connectivity index is 0.00000243. The zero-order valence-corrected chi connectivity index (χ0v) is 18.9. The van der Waals surface area contributed by atoms with Gasteiger partial charge in [-0.1, -0.05) is 6.92 Å². The Morgan fingerprint density at radius 3 is 2.88 bits per heavy atom. The number of rotatable bonds is 6. The zero-order valence-electron chi connectivity index (χ0n) is 15.8. The van der Waals surface area contributed by atoms with Crippen LogP contribution in [-0.2, 0) is 22.3 Å². The highest BCUT2D eigenvalue weighted by molar-refractivity contribution is 14.0. The van der Waals surface area contributed by atoms with Gasteiger partial charge in [-0.2, -0.15) is 0 Å². The Morgan fingerprint density at radius 1 is 1.35 bits per heavy atom. The van der Waals surface area contributed by atoms with Crippen molar-refractivity contribution in [1.82, 2.24) is 15.2 Å². The van der Waals surface area contributed by atoms with E-state index in [0.717, 1.165) is 76.7 Å². The number of morpholine rings is 1. The predicted molar refractivity (Wildman–Crippen MR) is 117 cm³/mol. The van der Waals surface area contributed by atoms with E-state index in [9.17, 15) is 0 Å². The molecule has 2 aliphatic heterocycles. The largest absolute Gasteiger partial charge is 0.375 e. The van der Waals surface area contributed by atoms with E-state index in [1.54, 1.807) is 11.3 Å². The molecular formula is C18H31IN4O2S. The molecule has 0 amide bonds. The molecule has 0 radical (unpaired) electrons. The highest BCUT2D eigenvalue weighted by atomic mass is 127. The first-order valence-electron chi connectivity index (χ1n) is 9.50. The average molecular weight is 494 g/mol. The van der Waals surface area contributed by atoms with Crippen LogP contribution in [0.25, 0.3) is 0 Å². The second-order valence-corrected chi connectivity index (χ2v) is 7.42. The third-order valence-corrected chi connectivity index (χ3v) is 5.68. The van der Waals surface area contributed by atoms with Crippen LogP contribution in [0.4, 0.5) is 0 Å². The SMILES string of the molecule is CCNC(=NCCc1csc(CC)n1)N1CCOC(C2CCCO2)C1.I. The third kappa shape index (κ3) is 6.03. The summed E-state index contributed by atoms with van der Waals surface area (Å²) in [7, 11) is 0. The highest BCUT2D eigenvalue weighted by Crippen LogP contribution is 2.21. The molecule has 2 fully saturated rings. The number of ether oxygens (including phenoxy) is 2. The lowest BCUT2D eigenvalue weighted by Crippen LogP contribution is -2.53. The standard InChI is InChI=1S/C18H30N4O2S.HI/c1-3-17-21-14(13-25-17)7-8-20-18(19-4-2)22-9-11-24-16(12-22)15-6-5-10-23-15;/h13,15-16H,3-12H2,1-2H3,(H,19,20);1H. The number of aromatic nitrogens is 1. The topological polar surface area (TPSA) is 59.0 Å². The van der Waals surface area contributed by atoms with Gasteiger partial charge in [0.1, 0.15) is 6.10 Å². The normalized spacial score (nSPS) is 23.8. The molecule has 1 N–H and O–H groups in total. The summed E-state index contributed by atoms with van der Waals surface area (Å²) in [5.41, 5.74) is 1.15. The van der Waals surface area contributed by atoms with E-state index >= 15 is 0 Å². The van der Waals surface area contributed by atoms with Crippen molar-refractivity contribution in [3.63, 3.8) is 0 Å².